The molecule has 2 aliphatic heterocycles. The molecule has 2 saturated heterocycles. The number of likely N-dealkylation sites (tertiary alicyclic amines) is 1. The normalized spacial score (nSPS) is 25.0. The summed E-state index contributed by atoms with van der Waals surface area (Å²) in [6.45, 7) is 4.03. The zero-order chi connectivity index (χ0) is 14.9. The van der Waals surface area contributed by atoms with Crippen molar-refractivity contribution in [1.82, 2.24) is 4.90 Å². The van der Waals surface area contributed by atoms with Gasteiger partial charge in [0.05, 0.1) is 11.7 Å². The van der Waals surface area contributed by atoms with Crippen LogP contribution in [-0.2, 0) is 4.74 Å². The maximum atomic E-state index is 12.5. The first kappa shape index (κ1) is 14.5. The number of rotatable bonds is 1. The van der Waals surface area contributed by atoms with Crippen molar-refractivity contribution in [2.24, 2.45) is 0 Å². The number of piperidine rings is 1. The van der Waals surface area contributed by atoms with E-state index in [0.717, 1.165) is 43.4 Å². The second-order valence-electron chi connectivity index (χ2n) is 6.23. The lowest BCUT2D eigenvalue weighted by molar-refractivity contribution is -0.174. The lowest BCUT2D eigenvalue weighted by Gasteiger charge is -2.46. The Morgan fingerprint density at radius 1 is 1.38 bits per heavy atom. The molecule has 2 aliphatic rings. The van der Waals surface area contributed by atoms with Crippen molar-refractivity contribution < 1.29 is 14.6 Å². The molecule has 1 aromatic rings. The van der Waals surface area contributed by atoms with Crippen LogP contribution >= 0.6 is 0 Å². The summed E-state index contributed by atoms with van der Waals surface area (Å²) in [5.74, 6) is 0.0823. The quantitative estimate of drug-likeness (QED) is 0.861. The molecule has 0 bridgehead atoms. The fourth-order valence-electron chi connectivity index (χ4n) is 3.44. The predicted molar refractivity (Wildman–Crippen MR) is 80.2 cm³/mol. The second kappa shape index (κ2) is 5.78. The molecule has 0 aliphatic carbocycles. The number of hydrogen-bond donors (Lipinski definition) is 1. The van der Waals surface area contributed by atoms with E-state index in [-0.39, 0.29) is 12.0 Å². The molecule has 3 rings (SSSR count). The van der Waals surface area contributed by atoms with Crippen molar-refractivity contribution in [2.45, 2.75) is 44.3 Å². The van der Waals surface area contributed by atoms with Gasteiger partial charge < -0.3 is 14.7 Å². The number of nitrogens with zero attached hydrogens (tertiary/aromatic N) is 1. The van der Waals surface area contributed by atoms with Crippen molar-refractivity contribution in [3.8, 4) is 0 Å². The summed E-state index contributed by atoms with van der Waals surface area (Å²) in [5.41, 5.74) is 1.43. The van der Waals surface area contributed by atoms with Gasteiger partial charge in [-0.3, -0.25) is 4.79 Å². The van der Waals surface area contributed by atoms with Crippen LogP contribution in [0.4, 0.5) is 0 Å². The minimum absolute atomic E-state index is 0.0823. The predicted octanol–water partition coefficient (Wildman–Crippen LogP) is 2.14. The van der Waals surface area contributed by atoms with Crippen LogP contribution < -0.4 is 0 Å². The van der Waals surface area contributed by atoms with Crippen LogP contribution in [0.5, 0.6) is 0 Å². The van der Waals surface area contributed by atoms with Crippen LogP contribution in [0.3, 0.4) is 0 Å². The summed E-state index contributed by atoms with van der Waals surface area (Å²) in [5, 5.41) is 10.2. The lowest BCUT2D eigenvalue weighted by Crippen LogP contribution is -2.56. The molecule has 1 atom stereocenters. The summed E-state index contributed by atoms with van der Waals surface area (Å²) in [7, 11) is 0. The molecular weight excluding hydrogens is 266 g/mol. The number of benzene rings is 1. The Labute approximate surface area is 125 Å². The third-order valence-electron chi connectivity index (χ3n) is 4.78. The molecular formula is C17H23NO3. The topological polar surface area (TPSA) is 49.8 Å². The van der Waals surface area contributed by atoms with Gasteiger partial charge in [0.2, 0.25) is 0 Å². The Balaban J connectivity index is 1.67. The number of aliphatic hydroxyl groups is 1. The zero-order valence-electron chi connectivity index (χ0n) is 12.5. The number of carbonyl (C=O) groups is 1. The molecule has 4 nitrogen and oxygen atoms in total. The number of ether oxygens (including phenoxy) is 1. The maximum Gasteiger partial charge on any atom is 0.253 e. The van der Waals surface area contributed by atoms with Gasteiger partial charge in [-0.05, 0) is 44.7 Å². The van der Waals surface area contributed by atoms with E-state index in [0.29, 0.717) is 13.1 Å². The molecule has 1 amide bonds. The lowest BCUT2D eigenvalue weighted by atomic mass is 9.82. The maximum absolute atomic E-state index is 12.5. The smallest absolute Gasteiger partial charge is 0.253 e. The summed E-state index contributed by atoms with van der Waals surface area (Å²) in [4.78, 5) is 14.4. The van der Waals surface area contributed by atoms with Crippen LogP contribution in [0.2, 0.25) is 0 Å². The molecule has 2 heterocycles. The molecule has 1 N–H and O–H groups in total. The number of carbonyl (C=O) groups excluding carboxylic acids is 1. The van der Waals surface area contributed by atoms with E-state index >= 15 is 0 Å². The van der Waals surface area contributed by atoms with Gasteiger partial charge in [-0.2, -0.15) is 0 Å². The molecule has 2 fully saturated rings. The van der Waals surface area contributed by atoms with E-state index in [1.165, 1.54) is 0 Å². The van der Waals surface area contributed by atoms with Crippen molar-refractivity contribution in [3.05, 3.63) is 35.4 Å². The molecule has 0 radical (unpaired) electrons. The van der Waals surface area contributed by atoms with Gasteiger partial charge in [0.25, 0.3) is 5.91 Å². The van der Waals surface area contributed by atoms with Gasteiger partial charge in [0.1, 0.15) is 0 Å². The van der Waals surface area contributed by atoms with Crippen LogP contribution in [0, 0.1) is 6.92 Å². The zero-order valence-corrected chi connectivity index (χ0v) is 12.5. The van der Waals surface area contributed by atoms with Gasteiger partial charge in [0.15, 0.2) is 0 Å². The standard InChI is InChI=1S/C17H23NO3/c1-13-4-2-5-14(12-13)16(20)18-9-7-17(8-10-18)15(19)6-3-11-21-17/h2,4-5,12,15,19H,3,6-11H2,1H3/t15-/m1/s1. The summed E-state index contributed by atoms with van der Waals surface area (Å²) in [6.07, 6.45) is 2.81. The van der Waals surface area contributed by atoms with Gasteiger partial charge in [0, 0.05) is 25.3 Å². The highest BCUT2D eigenvalue weighted by molar-refractivity contribution is 5.94. The SMILES string of the molecule is Cc1cccc(C(=O)N2CCC3(CC2)OCCC[C@H]3O)c1. The Bertz CT molecular complexity index is 521. The van der Waals surface area contributed by atoms with E-state index in [1.54, 1.807) is 0 Å². The molecule has 114 valence electrons. The van der Waals surface area contributed by atoms with Crippen molar-refractivity contribution in [2.75, 3.05) is 19.7 Å². The highest BCUT2D eigenvalue weighted by atomic mass is 16.5. The van der Waals surface area contributed by atoms with Gasteiger partial charge in [-0.1, -0.05) is 17.7 Å². The van der Waals surface area contributed by atoms with Crippen LogP contribution in [0.1, 0.15) is 41.6 Å². The van der Waals surface area contributed by atoms with Gasteiger partial charge >= 0.3 is 0 Å². The summed E-state index contributed by atoms with van der Waals surface area (Å²) in [6, 6.07) is 7.71. The highest BCUT2D eigenvalue weighted by Crippen LogP contribution is 2.35. The monoisotopic (exact) mass is 289 g/mol. The van der Waals surface area contributed by atoms with Crippen molar-refractivity contribution in [1.29, 1.82) is 0 Å². The van der Waals surface area contributed by atoms with E-state index in [2.05, 4.69) is 0 Å². The second-order valence-corrected chi connectivity index (χ2v) is 6.23. The van der Waals surface area contributed by atoms with E-state index < -0.39 is 5.60 Å². The Morgan fingerprint density at radius 3 is 2.81 bits per heavy atom. The van der Waals surface area contributed by atoms with E-state index in [9.17, 15) is 9.90 Å². The first-order valence-electron chi connectivity index (χ1n) is 7.79. The summed E-state index contributed by atoms with van der Waals surface area (Å²) < 4.78 is 5.88. The highest BCUT2D eigenvalue weighted by Gasteiger charge is 2.44. The van der Waals surface area contributed by atoms with Crippen LogP contribution in [0.15, 0.2) is 24.3 Å². The third kappa shape index (κ3) is 2.83. The van der Waals surface area contributed by atoms with Gasteiger partial charge in [-0.15, -0.1) is 0 Å². The minimum atomic E-state index is -0.415. The van der Waals surface area contributed by atoms with E-state index in [1.807, 2.05) is 36.1 Å². The molecule has 4 heteroatoms. The average molecular weight is 289 g/mol. The Kier molecular flexibility index (Phi) is 4.00. The Hall–Kier alpha value is -1.39. The number of amides is 1. The molecule has 0 unspecified atom stereocenters. The van der Waals surface area contributed by atoms with Crippen LogP contribution in [0.25, 0.3) is 0 Å². The third-order valence-corrected chi connectivity index (χ3v) is 4.78. The summed E-state index contributed by atoms with van der Waals surface area (Å²) >= 11 is 0. The van der Waals surface area contributed by atoms with Crippen molar-refractivity contribution >= 4 is 5.91 Å². The molecule has 1 aromatic carbocycles. The fraction of sp³-hybridized carbons (Fsp3) is 0.588. The fourth-order valence-corrected chi connectivity index (χ4v) is 3.44. The van der Waals surface area contributed by atoms with E-state index in [4.69, 9.17) is 4.74 Å². The Morgan fingerprint density at radius 2 is 2.14 bits per heavy atom. The number of aliphatic hydroxyl groups excluding tert-OH is 1. The first-order chi connectivity index (χ1) is 10.1. The molecule has 21 heavy (non-hydrogen) atoms. The average Bonchev–Trinajstić information content (AvgIpc) is 2.50. The first-order valence-corrected chi connectivity index (χ1v) is 7.79. The molecule has 0 saturated carbocycles. The largest absolute Gasteiger partial charge is 0.390 e. The molecule has 1 spiro atoms. The minimum Gasteiger partial charge on any atom is -0.390 e. The van der Waals surface area contributed by atoms with Gasteiger partial charge in [-0.25, -0.2) is 0 Å². The van der Waals surface area contributed by atoms with Crippen LogP contribution in [-0.4, -0.2) is 47.3 Å². The number of hydrogen-bond acceptors (Lipinski definition) is 3. The number of aryl methyl sites for hydroxylation is 1. The molecule has 0 aromatic heterocycles. The van der Waals surface area contributed by atoms with Crippen molar-refractivity contribution in [3.63, 3.8) is 0 Å².